The topological polar surface area (TPSA) is 310 Å². The van der Waals surface area contributed by atoms with Gasteiger partial charge in [0.2, 0.25) is 35.4 Å². The smallest absolute Gasteiger partial charge is 0.409 e. The van der Waals surface area contributed by atoms with Crippen LogP contribution in [0.2, 0.25) is 5.02 Å². The fraction of sp³-hybridized carbons (Fsp3) is 0.621. The summed E-state index contributed by atoms with van der Waals surface area (Å²) in [7, 11) is 5.93. The summed E-state index contributed by atoms with van der Waals surface area (Å²) in [4.78, 5) is 133. The number of allylic oxidation sites excluding steroid dienone is 3. The monoisotopic (exact) mass is 1210 g/mol. The first-order valence-electron chi connectivity index (χ1n) is 28.3. The van der Waals surface area contributed by atoms with Gasteiger partial charge in [-0.3, -0.25) is 48.6 Å². The van der Waals surface area contributed by atoms with E-state index in [4.69, 9.17) is 35.3 Å². The molecule has 1 aromatic carbocycles. The molecule has 0 saturated carbocycles. The minimum Gasteiger partial charge on any atom is -0.495 e. The van der Waals surface area contributed by atoms with E-state index in [2.05, 4.69) is 26.6 Å². The third-order valence-electron chi connectivity index (χ3n) is 15.5. The van der Waals surface area contributed by atoms with Crippen molar-refractivity contribution in [3.8, 4) is 5.75 Å². The van der Waals surface area contributed by atoms with Crippen molar-refractivity contribution in [3.05, 3.63) is 58.7 Å². The minimum absolute atomic E-state index is 0.0968. The third kappa shape index (κ3) is 18.5. The van der Waals surface area contributed by atoms with Gasteiger partial charge in [-0.2, -0.15) is 0 Å². The van der Waals surface area contributed by atoms with Gasteiger partial charge < -0.3 is 59.9 Å². The zero-order chi connectivity index (χ0) is 62.2. The van der Waals surface area contributed by atoms with Crippen LogP contribution in [0.3, 0.4) is 0 Å². The standard InChI is InChI=1S/C58H83ClN8O16S/c1-33-19-18-20-43(80-11)58(78)31-42(81-56(77)64-58)34(2)51-57(7,83-51)44(30-49(72)66(9)40-28-39(27-33)29-41(79-10)50(40)59)82-55(76)38(6)65(8)46(69)22-15-13-17-26-84-32-60-52(73)35(3)62-54(75)37(5)63-53(74)36(4)61-45(68)21-14-12-16-25-67-47(70)23-24-48(67)71/h18-20,23-24,28-29,34-38,42-44,51,78H,12-17,21-22,25-27,30-32H2,1-11H3,(H,60,73)(H,61,68)(H,62,75)(H,63,74)(H,64,77)/b20-18+,33-19-/t34-,35+,36+,37-,38+,42+,43-,44?,51+,57+,58+/m1/s1. The highest BCUT2D eigenvalue weighted by Crippen LogP contribution is 2.49. The SMILES string of the molecule is COc1cc2cc(c1Cl)N(C)C(=O)CC(OC(=O)[C@H](C)N(C)C(=O)CCCCCSCNC(=O)[C@H](C)NC(=O)[C@@H](C)NC(=O)[C@H](C)NC(=O)CCCCCN1C(=O)C=CC1=O)[C@]1(C)O[C@H]1[C@H](C)[C@@H]1C[C@@](O)(NC(=O)O1)[C@H](OC)/C=C/C=C(/C)C2. The number of thioether (sulfide) groups is 1. The molecule has 4 heterocycles. The van der Waals surface area contributed by atoms with Crippen LogP contribution in [-0.4, -0.2) is 181 Å². The Labute approximate surface area is 500 Å². The number of imide groups is 1. The lowest BCUT2D eigenvalue weighted by Crippen LogP contribution is -2.63. The Morgan fingerprint density at radius 3 is 2.19 bits per heavy atom. The molecule has 5 rings (SSSR count). The molecular weight excluding hydrogens is 1130 g/mol. The minimum atomic E-state index is -1.88. The second-order valence-electron chi connectivity index (χ2n) is 22.0. The molecule has 26 heteroatoms. The second-order valence-corrected chi connectivity index (χ2v) is 23.5. The van der Waals surface area contributed by atoms with E-state index in [1.807, 2.05) is 13.0 Å². The number of hydrogen-bond donors (Lipinski definition) is 6. The molecule has 6 N–H and O–H groups in total. The highest BCUT2D eigenvalue weighted by atomic mass is 35.5. The van der Waals surface area contributed by atoms with Crippen molar-refractivity contribution >= 4 is 88.4 Å². The quantitative estimate of drug-likeness (QED) is 0.0266. The van der Waals surface area contributed by atoms with E-state index in [1.54, 1.807) is 45.2 Å². The molecule has 2 fully saturated rings. The summed E-state index contributed by atoms with van der Waals surface area (Å²) in [5, 5.41) is 25.0. The number of esters is 1. The molecule has 1 unspecified atom stereocenters. The van der Waals surface area contributed by atoms with E-state index in [9.17, 15) is 53.1 Å². The van der Waals surface area contributed by atoms with Crippen LogP contribution in [0.15, 0.2) is 48.1 Å². The highest BCUT2D eigenvalue weighted by molar-refractivity contribution is 7.99. The Kier molecular flexibility index (Phi) is 25.2. The lowest BCUT2D eigenvalue weighted by Gasteiger charge is -2.42. The first-order chi connectivity index (χ1) is 39.6. The van der Waals surface area contributed by atoms with E-state index in [-0.39, 0.29) is 66.8 Å². The fourth-order valence-electron chi connectivity index (χ4n) is 9.97. The molecule has 84 heavy (non-hydrogen) atoms. The van der Waals surface area contributed by atoms with Gasteiger partial charge in [-0.1, -0.05) is 55.2 Å². The number of nitrogens with zero attached hydrogens (tertiary/aromatic N) is 3. The molecular formula is C58H83ClN8O16S. The summed E-state index contributed by atoms with van der Waals surface area (Å²) >= 11 is 8.27. The average Bonchev–Trinajstić information content (AvgIpc) is 1.77. The molecule has 4 aliphatic heterocycles. The number of benzene rings is 1. The molecule has 1 aromatic rings. The van der Waals surface area contributed by atoms with E-state index < -0.39 is 102 Å². The molecule has 0 radical (unpaired) electrons. The Balaban J connectivity index is 1.06. The molecule has 464 valence electrons. The van der Waals surface area contributed by atoms with Gasteiger partial charge in [0.1, 0.15) is 58.9 Å². The van der Waals surface area contributed by atoms with Gasteiger partial charge in [-0.15, -0.1) is 11.8 Å². The lowest BCUT2D eigenvalue weighted by atomic mass is 9.83. The van der Waals surface area contributed by atoms with Crippen LogP contribution in [-0.2, 0) is 68.5 Å². The van der Waals surface area contributed by atoms with Gasteiger partial charge in [0.25, 0.3) is 11.8 Å². The maximum atomic E-state index is 14.4. The highest BCUT2D eigenvalue weighted by Gasteiger charge is 2.64. The molecule has 4 aliphatic rings. The number of halogens is 1. The maximum absolute atomic E-state index is 14.4. The number of epoxide rings is 1. The average molecular weight is 1220 g/mol. The van der Waals surface area contributed by atoms with Crippen molar-refractivity contribution < 1.29 is 76.7 Å². The molecule has 0 aromatic heterocycles. The van der Waals surface area contributed by atoms with Crippen LogP contribution >= 0.6 is 23.4 Å². The van der Waals surface area contributed by atoms with E-state index in [0.29, 0.717) is 62.1 Å². The zero-order valence-corrected chi connectivity index (χ0v) is 51.4. The van der Waals surface area contributed by atoms with E-state index in [0.717, 1.165) is 16.0 Å². The first kappa shape index (κ1) is 68.2. The number of carbonyl (C=O) groups is 10. The van der Waals surface area contributed by atoms with Crippen LogP contribution in [0.25, 0.3) is 0 Å². The Morgan fingerprint density at radius 2 is 1.54 bits per heavy atom. The molecule has 2 saturated heterocycles. The largest absolute Gasteiger partial charge is 0.495 e. The Morgan fingerprint density at radius 1 is 0.905 bits per heavy atom. The normalized spacial score (nSPS) is 25.7. The number of nitrogens with one attached hydrogen (secondary N) is 5. The second kappa shape index (κ2) is 31.0. The van der Waals surface area contributed by atoms with Crippen molar-refractivity contribution in [1.29, 1.82) is 0 Å². The van der Waals surface area contributed by atoms with Crippen molar-refractivity contribution in [2.75, 3.05) is 51.4 Å². The number of carbonyl (C=O) groups excluding carboxylic acids is 10. The van der Waals surface area contributed by atoms with Gasteiger partial charge in [0, 0.05) is 65.1 Å². The number of amides is 9. The predicted octanol–water partition coefficient (Wildman–Crippen LogP) is 3.88. The number of hydrogen-bond acceptors (Lipinski definition) is 17. The molecule has 0 spiro atoms. The summed E-state index contributed by atoms with van der Waals surface area (Å²) in [6.45, 7) is 11.6. The van der Waals surface area contributed by atoms with E-state index >= 15 is 0 Å². The number of alkyl carbamates (subject to hydrolysis) is 1. The molecule has 0 aliphatic carbocycles. The zero-order valence-electron chi connectivity index (χ0n) is 49.8. The first-order valence-corrected chi connectivity index (χ1v) is 29.8. The van der Waals surface area contributed by atoms with E-state index in [1.165, 1.54) is 82.7 Å². The van der Waals surface area contributed by atoms with Gasteiger partial charge in [0.05, 0.1) is 31.2 Å². The summed E-state index contributed by atoms with van der Waals surface area (Å²) in [5.41, 5.74) is -1.15. The van der Waals surface area contributed by atoms with Gasteiger partial charge in [0.15, 0.2) is 5.72 Å². The summed E-state index contributed by atoms with van der Waals surface area (Å²) in [5.74, 6) is -3.66. The third-order valence-corrected chi connectivity index (χ3v) is 16.8. The molecule has 11 atom stereocenters. The number of unbranched alkanes of at least 4 members (excludes halogenated alkanes) is 4. The van der Waals surface area contributed by atoms with Gasteiger partial charge >= 0.3 is 12.1 Å². The number of ether oxygens (including phenoxy) is 5. The van der Waals surface area contributed by atoms with Crippen LogP contribution in [0, 0.1) is 5.92 Å². The number of methoxy groups -OCH3 is 2. The Hall–Kier alpha value is -6.54. The summed E-state index contributed by atoms with van der Waals surface area (Å²) < 4.78 is 29.5. The number of anilines is 1. The molecule has 4 bridgehead atoms. The van der Waals surface area contributed by atoms with Gasteiger partial charge in [-0.05, 0) is 97.1 Å². The van der Waals surface area contributed by atoms with Crippen LogP contribution in [0.5, 0.6) is 5.75 Å². The number of likely N-dealkylation sites (N-methyl/N-ethyl adjacent to an activating group) is 1. The summed E-state index contributed by atoms with van der Waals surface area (Å²) in [6, 6.07) is -0.416. The van der Waals surface area contributed by atoms with Crippen LogP contribution in [0.4, 0.5) is 10.5 Å². The molecule has 9 amide bonds. The molecule has 24 nitrogen and oxygen atoms in total. The van der Waals surface area contributed by atoms with Crippen LogP contribution < -0.4 is 36.2 Å². The summed E-state index contributed by atoms with van der Waals surface area (Å²) in [6.07, 6.45) is 6.62. The maximum Gasteiger partial charge on any atom is 0.409 e. The number of rotatable bonds is 25. The fourth-order valence-corrected chi connectivity index (χ4v) is 11.1. The van der Waals surface area contributed by atoms with Gasteiger partial charge in [-0.25, -0.2) is 9.59 Å². The van der Waals surface area contributed by atoms with Crippen LogP contribution in [0.1, 0.15) is 118 Å². The van der Waals surface area contributed by atoms with Crippen molar-refractivity contribution in [2.24, 2.45) is 5.92 Å². The number of aliphatic hydroxyl groups is 1. The predicted molar refractivity (Wildman–Crippen MR) is 312 cm³/mol. The lowest BCUT2D eigenvalue weighted by molar-refractivity contribution is -0.162. The Bertz CT molecular complexity index is 2690. The van der Waals surface area contributed by atoms with Crippen molar-refractivity contribution in [2.45, 2.75) is 179 Å². The van der Waals surface area contributed by atoms with Crippen molar-refractivity contribution in [1.82, 2.24) is 36.4 Å². The van der Waals surface area contributed by atoms with Crippen molar-refractivity contribution in [3.63, 3.8) is 0 Å². The number of fused-ring (bicyclic) bond motifs is 5.